The van der Waals surface area contributed by atoms with Gasteiger partial charge in [-0.25, -0.2) is 13.4 Å². The standard InChI is InChI=1S/C16H24N4O5S2/c1-26(23)10-7-12(17)16(22)19-13-5-4-9-20(11-14(13)21)27(24,25)15-6-2-3-8-18-15/h2-3,6,8,12-13H,4-5,7,9-11,17H2,1H3,(H,19,22)/t12-,13?,26?/m0/s1. The minimum Gasteiger partial charge on any atom is -0.345 e. The second kappa shape index (κ2) is 9.49. The second-order valence-corrected chi connectivity index (χ2v) is 9.79. The molecule has 0 saturated carbocycles. The van der Waals surface area contributed by atoms with Gasteiger partial charge in [0.15, 0.2) is 10.8 Å². The Morgan fingerprint density at radius 2 is 2.22 bits per heavy atom. The van der Waals surface area contributed by atoms with Crippen molar-refractivity contribution in [2.75, 3.05) is 25.1 Å². The Hall–Kier alpha value is -1.69. The fourth-order valence-electron chi connectivity index (χ4n) is 2.69. The molecule has 3 N–H and O–H groups in total. The lowest BCUT2D eigenvalue weighted by Gasteiger charge is -2.20. The van der Waals surface area contributed by atoms with E-state index < -0.39 is 44.6 Å². The van der Waals surface area contributed by atoms with Crippen molar-refractivity contribution in [2.45, 2.75) is 36.4 Å². The predicted octanol–water partition coefficient (Wildman–Crippen LogP) is -0.984. The van der Waals surface area contributed by atoms with Crippen LogP contribution in [-0.2, 0) is 30.4 Å². The summed E-state index contributed by atoms with van der Waals surface area (Å²) < 4.78 is 37.5. The molecular formula is C16H24N4O5S2. The number of nitrogens with one attached hydrogen (secondary N) is 1. The number of carbonyl (C=O) groups excluding carboxylic acids is 2. The number of amides is 1. The molecule has 2 rings (SSSR count). The Kier molecular flexibility index (Phi) is 7.59. The maximum absolute atomic E-state index is 12.6. The number of sulfonamides is 1. The largest absolute Gasteiger partial charge is 0.345 e. The lowest BCUT2D eigenvalue weighted by molar-refractivity contribution is -0.128. The van der Waals surface area contributed by atoms with Gasteiger partial charge in [-0.1, -0.05) is 6.07 Å². The summed E-state index contributed by atoms with van der Waals surface area (Å²) in [5.74, 6) is -0.602. The number of aromatic nitrogens is 1. The third kappa shape index (κ3) is 5.89. The summed E-state index contributed by atoms with van der Waals surface area (Å²) in [6, 6.07) is 2.89. The van der Waals surface area contributed by atoms with E-state index in [0.717, 1.165) is 4.31 Å². The lowest BCUT2D eigenvalue weighted by atomic mass is 10.1. The first kappa shape index (κ1) is 21.6. The molecule has 2 heterocycles. The van der Waals surface area contributed by atoms with Crippen molar-refractivity contribution in [1.82, 2.24) is 14.6 Å². The molecule has 1 aliphatic heterocycles. The van der Waals surface area contributed by atoms with Crippen molar-refractivity contribution >= 4 is 32.5 Å². The number of carbonyl (C=O) groups is 2. The van der Waals surface area contributed by atoms with Crippen LogP contribution in [0.25, 0.3) is 0 Å². The molecule has 1 amide bonds. The normalized spacial score (nSPS) is 21.3. The van der Waals surface area contributed by atoms with Gasteiger partial charge >= 0.3 is 0 Å². The van der Waals surface area contributed by atoms with Crippen LogP contribution in [-0.4, -0.2) is 70.8 Å². The molecule has 0 aromatic carbocycles. The van der Waals surface area contributed by atoms with E-state index in [0.29, 0.717) is 18.6 Å². The van der Waals surface area contributed by atoms with Gasteiger partial charge in [0, 0.05) is 35.5 Å². The van der Waals surface area contributed by atoms with E-state index in [4.69, 9.17) is 5.73 Å². The molecule has 0 radical (unpaired) electrons. The van der Waals surface area contributed by atoms with E-state index >= 15 is 0 Å². The highest BCUT2D eigenvalue weighted by Gasteiger charge is 2.34. The number of hydrogen-bond acceptors (Lipinski definition) is 7. The number of ketones is 1. The summed E-state index contributed by atoms with van der Waals surface area (Å²) in [4.78, 5) is 28.5. The van der Waals surface area contributed by atoms with Gasteiger partial charge in [0.1, 0.15) is 0 Å². The van der Waals surface area contributed by atoms with E-state index in [1.165, 1.54) is 18.5 Å². The Morgan fingerprint density at radius 3 is 2.85 bits per heavy atom. The average molecular weight is 417 g/mol. The number of rotatable bonds is 7. The van der Waals surface area contributed by atoms with E-state index in [2.05, 4.69) is 10.3 Å². The monoisotopic (exact) mass is 416 g/mol. The molecule has 1 fully saturated rings. The van der Waals surface area contributed by atoms with Crippen molar-refractivity contribution < 1.29 is 22.2 Å². The van der Waals surface area contributed by atoms with E-state index in [1.54, 1.807) is 12.1 Å². The molecule has 1 saturated heterocycles. The Labute approximate surface area is 161 Å². The minimum absolute atomic E-state index is 0.116. The molecule has 3 atom stereocenters. The SMILES string of the molecule is CS(=O)CC[C@H](N)C(=O)NC1CCCN(S(=O)(=O)c2ccccn2)CC1=O. The summed E-state index contributed by atoms with van der Waals surface area (Å²) in [6.45, 7) is -0.171. The summed E-state index contributed by atoms with van der Waals surface area (Å²) in [7, 11) is -4.93. The predicted molar refractivity (Wildman–Crippen MR) is 101 cm³/mol. The van der Waals surface area contributed by atoms with Gasteiger partial charge in [-0.2, -0.15) is 4.31 Å². The molecule has 2 unspecified atom stereocenters. The molecule has 0 spiro atoms. The maximum Gasteiger partial charge on any atom is 0.260 e. The van der Waals surface area contributed by atoms with Crippen molar-refractivity contribution in [3.05, 3.63) is 24.4 Å². The lowest BCUT2D eigenvalue weighted by Crippen LogP contribution is -2.50. The van der Waals surface area contributed by atoms with E-state index in [-0.39, 0.29) is 24.5 Å². The molecule has 27 heavy (non-hydrogen) atoms. The van der Waals surface area contributed by atoms with Crippen LogP contribution in [0.4, 0.5) is 0 Å². The highest BCUT2D eigenvalue weighted by atomic mass is 32.2. The summed E-state index contributed by atoms with van der Waals surface area (Å²) in [5, 5.41) is 2.48. The first-order chi connectivity index (χ1) is 12.7. The first-order valence-corrected chi connectivity index (χ1v) is 11.7. The van der Waals surface area contributed by atoms with Crippen LogP contribution in [0, 0.1) is 0 Å². The van der Waals surface area contributed by atoms with Crippen LogP contribution in [0.3, 0.4) is 0 Å². The van der Waals surface area contributed by atoms with Crippen LogP contribution >= 0.6 is 0 Å². The zero-order chi connectivity index (χ0) is 20.0. The Balaban J connectivity index is 2.02. The fourth-order valence-corrected chi connectivity index (χ4v) is 4.65. The quantitative estimate of drug-likeness (QED) is 0.582. The topological polar surface area (TPSA) is 140 Å². The molecule has 9 nitrogen and oxygen atoms in total. The van der Waals surface area contributed by atoms with E-state index in [9.17, 15) is 22.2 Å². The summed E-state index contributed by atoms with van der Waals surface area (Å²) in [6.07, 6.45) is 3.88. The number of pyridine rings is 1. The third-order valence-corrected chi connectivity index (χ3v) is 6.80. The van der Waals surface area contributed by atoms with Crippen molar-refractivity contribution in [2.24, 2.45) is 5.73 Å². The fraction of sp³-hybridized carbons (Fsp3) is 0.562. The van der Waals surface area contributed by atoms with Crippen LogP contribution in [0.1, 0.15) is 19.3 Å². The molecular weight excluding hydrogens is 392 g/mol. The Bertz CT molecular complexity index is 800. The van der Waals surface area contributed by atoms with Gasteiger partial charge in [0.05, 0.1) is 18.6 Å². The van der Waals surface area contributed by atoms with Gasteiger partial charge in [0.25, 0.3) is 10.0 Å². The molecule has 11 heteroatoms. The van der Waals surface area contributed by atoms with Crippen LogP contribution in [0.15, 0.2) is 29.4 Å². The molecule has 1 aromatic rings. The smallest absolute Gasteiger partial charge is 0.260 e. The molecule has 150 valence electrons. The zero-order valence-electron chi connectivity index (χ0n) is 15.0. The van der Waals surface area contributed by atoms with E-state index in [1.807, 2.05) is 0 Å². The van der Waals surface area contributed by atoms with Crippen molar-refractivity contribution in [3.63, 3.8) is 0 Å². The number of nitrogens with two attached hydrogens (primary N) is 1. The van der Waals surface area contributed by atoms with Gasteiger partial charge in [-0.3, -0.25) is 13.8 Å². The summed E-state index contributed by atoms with van der Waals surface area (Å²) >= 11 is 0. The minimum atomic E-state index is -3.87. The maximum atomic E-state index is 12.6. The van der Waals surface area contributed by atoms with Crippen LogP contribution < -0.4 is 11.1 Å². The number of hydrogen-bond donors (Lipinski definition) is 2. The van der Waals surface area contributed by atoms with Gasteiger partial charge in [-0.15, -0.1) is 0 Å². The molecule has 0 aliphatic carbocycles. The number of Topliss-reactive ketones (excluding diaryl/α,β-unsaturated/α-hetero) is 1. The van der Waals surface area contributed by atoms with Crippen molar-refractivity contribution in [1.29, 1.82) is 0 Å². The van der Waals surface area contributed by atoms with Gasteiger partial charge < -0.3 is 11.1 Å². The zero-order valence-corrected chi connectivity index (χ0v) is 16.7. The van der Waals surface area contributed by atoms with Crippen LogP contribution in [0.2, 0.25) is 0 Å². The second-order valence-electron chi connectivity index (χ2n) is 6.35. The molecule has 1 aliphatic rings. The van der Waals surface area contributed by atoms with Crippen LogP contribution in [0.5, 0.6) is 0 Å². The highest BCUT2D eigenvalue weighted by Crippen LogP contribution is 2.17. The van der Waals surface area contributed by atoms with Gasteiger partial charge in [0.2, 0.25) is 5.91 Å². The summed E-state index contributed by atoms with van der Waals surface area (Å²) in [5.41, 5.74) is 5.77. The Morgan fingerprint density at radius 1 is 1.48 bits per heavy atom. The highest BCUT2D eigenvalue weighted by molar-refractivity contribution is 7.89. The first-order valence-electron chi connectivity index (χ1n) is 8.51. The van der Waals surface area contributed by atoms with Crippen molar-refractivity contribution in [3.8, 4) is 0 Å². The number of nitrogens with zero attached hydrogens (tertiary/aromatic N) is 2. The molecule has 1 aromatic heterocycles. The molecule has 0 bridgehead atoms. The van der Waals surface area contributed by atoms with Gasteiger partial charge in [-0.05, 0) is 31.4 Å². The average Bonchev–Trinajstić information content (AvgIpc) is 2.82. The third-order valence-electron chi connectivity index (χ3n) is 4.23.